The quantitative estimate of drug-likeness (QED) is 0.669. The van der Waals surface area contributed by atoms with E-state index in [0.717, 1.165) is 5.69 Å². The second kappa shape index (κ2) is 7.47. The van der Waals surface area contributed by atoms with Gasteiger partial charge in [0.2, 0.25) is 5.95 Å². The number of aromatic nitrogens is 3. The van der Waals surface area contributed by atoms with Crippen LogP contribution in [0.2, 0.25) is 10.0 Å². The fourth-order valence-corrected chi connectivity index (χ4v) is 2.58. The molecule has 2 N–H and O–H groups in total. The predicted molar refractivity (Wildman–Crippen MR) is 99.2 cm³/mol. The van der Waals surface area contributed by atoms with Crippen LogP contribution in [0.15, 0.2) is 48.7 Å². The molecule has 0 fully saturated rings. The summed E-state index contributed by atoms with van der Waals surface area (Å²) in [7, 11) is 0. The molecule has 2 aromatic heterocycles. The summed E-state index contributed by atoms with van der Waals surface area (Å²) in [6.07, 6.45) is 1.73. The summed E-state index contributed by atoms with van der Waals surface area (Å²) >= 11 is 12.2. The maximum Gasteiger partial charge on any atom is 0.225 e. The third-order valence-corrected chi connectivity index (χ3v) is 3.73. The Kier molecular flexibility index (Phi) is 5.13. The van der Waals surface area contributed by atoms with Gasteiger partial charge in [0.25, 0.3) is 0 Å². The van der Waals surface area contributed by atoms with E-state index in [1.807, 2.05) is 31.2 Å². The van der Waals surface area contributed by atoms with Crippen LogP contribution in [0.25, 0.3) is 11.4 Å². The number of hydrogen-bond donors (Lipinski definition) is 2. The van der Waals surface area contributed by atoms with E-state index in [4.69, 9.17) is 23.2 Å². The van der Waals surface area contributed by atoms with Gasteiger partial charge in [-0.25, -0.2) is 4.98 Å². The molecule has 1 aromatic carbocycles. The van der Waals surface area contributed by atoms with Crippen LogP contribution in [0.1, 0.15) is 6.92 Å². The van der Waals surface area contributed by atoms with Crippen LogP contribution in [-0.4, -0.2) is 21.5 Å². The standard InChI is InChI=1S/C17H15Cl2N5/c1-2-20-17-23-15(14-5-3-4-8-21-14)10-16(24-17)22-13-7-6-11(18)9-12(13)19/h3-10H,2H2,1H3,(H2,20,22,23,24). The Hall–Kier alpha value is -2.37. The van der Waals surface area contributed by atoms with Crippen LogP contribution in [0.5, 0.6) is 0 Å². The number of halogens is 2. The fourth-order valence-electron chi connectivity index (χ4n) is 2.12. The minimum atomic E-state index is 0.519. The van der Waals surface area contributed by atoms with Gasteiger partial charge >= 0.3 is 0 Å². The number of anilines is 3. The van der Waals surface area contributed by atoms with Crippen molar-refractivity contribution in [2.24, 2.45) is 0 Å². The average molecular weight is 360 g/mol. The van der Waals surface area contributed by atoms with Crippen molar-refractivity contribution in [1.82, 2.24) is 15.0 Å². The Morgan fingerprint density at radius 1 is 1.00 bits per heavy atom. The lowest BCUT2D eigenvalue weighted by atomic mass is 10.2. The largest absolute Gasteiger partial charge is 0.354 e. The van der Waals surface area contributed by atoms with Gasteiger partial charge in [-0.2, -0.15) is 4.98 Å². The first-order chi connectivity index (χ1) is 11.7. The molecule has 0 saturated carbocycles. The second-order valence-electron chi connectivity index (χ2n) is 4.96. The van der Waals surface area contributed by atoms with Gasteiger partial charge < -0.3 is 10.6 Å². The highest BCUT2D eigenvalue weighted by molar-refractivity contribution is 6.36. The van der Waals surface area contributed by atoms with Gasteiger partial charge in [0, 0.05) is 23.8 Å². The van der Waals surface area contributed by atoms with Crippen molar-refractivity contribution < 1.29 is 0 Å². The van der Waals surface area contributed by atoms with Crippen molar-refractivity contribution >= 4 is 40.7 Å². The van der Waals surface area contributed by atoms with Gasteiger partial charge in [0.1, 0.15) is 5.82 Å². The highest BCUT2D eigenvalue weighted by Gasteiger charge is 2.09. The molecule has 2 heterocycles. The monoisotopic (exact) mass is 359 g/mol. The van der Waals surface area contributed by atoms with Gasteiger partial charge in [-0.15, -0.1) is 0 Å². The molecule has 0 atom stereocenters. The molecule has 0 radical (unpaired) electrons. The van der Waals surface area contributed by atoms with E-state index < -0.39 is 0 Å². The summed E-state index contributed by atoms with van der Waals surface area (Å²) in [5, 5.41) is 7.42. The van der Waals surface area contributed by atoms with Crippen LogP contribution in [0.4, 0.5) is 17.5 Å². The van der Waals surface area contributed by atoms with Crippen molar-refractivity contribution in [2.45, 2.75) is 6.92 Å². The Morgan fingerprint density at radius 3 is 2.58 bits per heavy atom. The maximum atomic E-state index is 6.22. The number of pyridine rings is 1. The lowest BCUT2D eigenvalue weighted by Gasteiger charge is -2.11. The number of hydrogen-bond acceptors (Lipinski definition) is 5. The molecule has 0 amide bonds. The predicted octanol–water partition coefficient (Wildman–Crippen LogP) is 5.02. The van der Waals surface area contributed by atoms with Crippen LogP contribution in [0.3, 0.4) is 0 Å². The van der Waals surface area contributed by atoms with Gasteiger partial charge in [0.05, 0.1) is 22.1 Å². The zero-order chi connectivity index (χ0) is 16.9. The molecule has 5 nitrogen and oxygen atoms in total. The normalized spacial score (nSPS) is 10.5. The molecular weight excluding hydrogens is 345 g/mol. The minimum Gasteiger partial charge on any atom is -0.354 e. The second-order valence-corrected chi connectivity index (χ2v) is 5.80. The van der Waals surface area contributed by atoms with Crippen LogP contribution >= 0.6 is 23.2 Å². The molecule has 3 rings (SSSR count). The lowest BCUT2D eigenvalue weighted by Crippen LogP contribution is -2.05. The summed E-state index contributed by atoms with van der Waals surface area (Å²) < 4.78 is 0. The van der Waals surface area contributed by atoms with Crippen LogP contribution in [0, 0.1) is 0 Å². The molecule has 0 unspecified atom stereocenters. The van der Waals surface area contributed by atoms with Crippen LogP contribution in [-0.2, 0) is 0 Å². The summed E-state index contributed by atoms with van der Waals surface area (Å²) in [5.74, 6) is 1.14. The van der Waals surface area contributed by atoms with E-state index >= 15 is 0 Å². The van der Waals surface area contributed by atoms with E-state index in [-0.39, 0.29) is 0 Å². The van der Waals surface area contributed by atoms with E-state index in [9.17, 15) is 0 Å². The molecule has 0 aliphatic rings. The minimum absolute atomic E-state index is 0.519. The van der Waals surface area contributed by atoms with E-state index in [2.05, 4.69) is 25.6 Å². The summed E-state index contributed by atoms with van der Waals surface area (Å²) in [5.41, 5.74) is 2.20. The number of benzene rings is 1. The van der Waals surface area contributed by atoms with E-state index in [1.165, 1.54) is 0 Å². The number of rotatable bonds is 5. The molecule has 0 aliphatic heterocycles. The first kappa shape index (κ1) is 16.5. The highest BCUT2D eigenvalue weighted by atomic mass is 35.5. The Bertz CT molecular complexity index is 840. The van der Waals surface area contributed by atoms with Gasteiger partial charge in [-0.3, -0.25) is 4.98 Å². The molecule has 0 bridgehead atoms. The first-order valence-electron chi connectivity index (χ1n) is 7.42. The zero-order valence-corrected chi connectivity index (χ0v) is 14.4. The van der Waals surface area contributed by atoms with Gasteiger partial charge in [-0.1, -0.05) is 29.3 Å². The molecule has 0 aliphatic carbocycles. The Labute approximate surface area is 150 Å². The molecule has 24 heavy (non-hydrogen) atoms. The lowest BCUT2D eigenvalue weighted by molar-refractivity contribution is 1.08. The summed E-state index contributed by atoms with van der Waals surface area (Å²) in [6.45, 7) is 2.70. The first-order valence-corrected chi connectivity index (χ1v) is 8.17. The third-order valence-electron chi connectivity index (χ3n) is 3.18. The summed E-state index contributed by atoms with van der Waals surface area (Å²) in [4.78, 5) is 13.3. The highest BCUT2D eigenvalue weighted by Crippen LogP contribution is 2.29. The van der Waals surface area contributed by atoms with Crippen LogP contribution < -0.4 is 10.6 Å². The zero-order valence-electron chi connectivity index (χ0n) is 12.9. The van der Waals surface area contributed by atoms with Gasteiger partial charge in [0.15, 0.2) is 0 Å². The van der Waals surface area contributed by atoms with Crippen molar-refractivity contribution in [3.05, 3.63) is 58.7 Å². The smallest absolute Gasteiger partial charge is 0.225 e. The van der Waals surface area contributed by atoms with Crippen molar-refractivity contribution in [2.75, 3.05) is 17.2 Å². The maximum absolute atomic E-state index is 6.22. The molecule has 122 valence electrons. The van der Waals surface area contributed by atoms with Crippen molar-refractivity contribution in [1.29, 1.82) is 0 Å². The fraction of sp³-hybridized carbons (Fsp3) is 0.118. The van der Waals surface area contributed by atoms with E-state index in [1.54, 1.807) is 24.4 Å². The molecule has 3 aromatic rings. The molecule has 7 heteroatoms. The van der Waals surface area contributed by atoms with E-state index in [0.29, 0.717) is 39.7 Å². The van der Waals surface area contributed by atoms with Gasteiger partial charge in [-0.05, 0) is 37.3 Å². The molecular formula is C17H15Cl2N5. The molecule has 0 spiro atoms. The Morgan fingerprint density at radius 2 is 1.88 bits per heavy atom. The van der Waals surface area contributed by atoms with Crippen molar-refractivity contribution in [3.63, 3.8) is 0 Å². The summed E-state index contributed by atoms with van der Waals surface area (Å²) in [6, 6.07) is 12.8. The number of nitrogens with one attached hydrogen (secondary N) is 2. The molecule has 0 saturated heterocycles. The Balaban J connectivity index is 1.99. The topological polar surface area (TPSA) is 62.7 Å². The average Bonchev–Trinajstić information content (AvgIpc) is 2.58. The SMILES string of the molecule is CCNc1nc(Nc2ccc(Cl)cc2Cl)cc(-c2ccccn2)n1. The van der Waals surface area contributed by atoms with Crippen molar-refractivity contribution in [3.8, 4) is 11.4 Å². The third kappa shape index (κ3) is 3.93. The number of nitrogens with zero attached hydrogens (tertiary/aromatic N) is 3.